The smallest absolute Gasteiger partial charge is 0.128 e. The van der Waals surface area contributed by atoms with E-state index in [1.165, 1.54) is 68.1 Å². The molecule has 1 aromatic carbocycles. The Bertz CT molecular complexity index is 697. The summed E-state index contributed by atoms with van der Waals surface area (Å²) in [6.45, 7) is 6.70. The van der Waals surface area contributed by atoms with Gasteiger partial charge in [-0.15, -0.1) is 0 Å². The number of benzene rings is 1. The Morgan fingerprint density at radius 1 is 0.852 bits per heavy atom. The Morgan fingerprint density at radius 2 is 1.52 bits per heavy atom. The maximum atomic E-state index is 4.51. The van der Waals surface area contributed by atoms with Crippen LogP contribution in [0, 0.1) is 18.8 Å². The molecule has 0 aliphatic heterocycles. The van der Waals surface area contributed by atoms with Gasteiger partial charge in [-0.2, -0.15) is 0 Å². The molecule has 0 N–H and O–H groups in total. The summed E-state index contributed by atoms with van der Waals surface area (Å²) in [5.41, 5.74) is 5.22. The summed E-state index contributed by atoms with van der Waals surface area (Å²) in [7, 11) is 0. The summed E-state index contributed by atoms with van der Waals surface area (Å²) in [5.74, 6) is 2.90. The lowest BCUT2D eigenvalue weighted by Crippen LogP contribution is -2.15. The predicted molar refractivity (Wildman–Crippen MR) is 115 cm³/mol. The topological polar surface area (TPSA) is 25.8 Å². The molecule has 0 unspecified atom stereocenters. The van der Waals surface area contributed by atoms with Crippen molar-refractivity contribution in [2.24, 2.45) is 11.8 Å². The molecule has 0 atom stereocenters. The summed E-state index contributed by atoms with van der Waals surface area (Å²) in [4.78, 5) is 9.03. The zero-order valence-corrected chi connectivity index (χ0v) is 17.5. The van der Waals surface area contributed by atoms with Crippen molar-refractivity contribution in [1.29, 1.82) is 0 Å². The minimum Gasteiger partial charge on any atom is -0.241 e. The molecule has 1 aliphatic rings. The van der Waals surface area contributed by atoms with Gasteiger partial charge in [0.2, 0.25) is 0 Å². The van der Waals surface area contributed by atoms with Crippen molar-refractivity contribution >= 4 is 0 Å². The van der Waals surface area contributed by atoms with Crippen LogP contribution in [0.3, 0.4) is 0 Å². The summed E-state index contributed by atoms with van der Waals surface area (Å²) in [5, 5.41) is 0. The van der Waals surface area contributed by atoms with Crippen LogP contribution >= 0.6 is 0 Å². The number of nitrogens with zero attached hydrogens (tertiary/aromatic N) is 2. The average Bonchev–Trinajstić information content (AvgIpc) is 2.69. The molecule has 146 valence electrons. The number of rotatable bonds is 8. The first-order valence-corrected chi connectivity index (χ1v) is 11.1. The molecule has 27 heavy (non-hydrogen) atoms. The molecule has 0 radical (unpaired) electrons. The van der Waals surface area contributed by atoms with Gasteiger partial charge in [-0.1, -0.05) is 70.6 Å². The summed E-state index contributed by atoms with van der Waals surface area (Å²) in [6.07, 6.45) is 17.2. The maximum absolute atomic E-state index is 4.51. The first-order valence-electron chi connectivity index (χ1n) is 11.1. The number of aryl methyl sites for hydroxylation is 3. The fourth-order valence-electron chi connectivity index (χ4n) is 4.64. The molecular formula is C25H36N2. The molecule has 0 spiro atoms. The van der Waals surface area contributed by atoms with E-state index in [1.807, 2.05) is 12.4 Å². The van der Waals surface area contributed by atoms with Crippen molar-refractivity contribution in [2.75, 3.05) is 0 Å². The van der Waals surface area contributed by atoms with Crippen LogP contribution in [0.4, 0.5) is 0 Å². The summed E-state index contributed by atoms with van der Waals surface area (Å²) in [6, 6.07) is 6.95. The highest BCUT2D eigenvalue weighted by atomic mass is 14.9. The lowest BCUT2D eigenvalue weighted by atomic mass is 9.78. The van der Waals surface area contributed by atoms with Gasteiger partial charge < -0.3 is 0 Å². The summed E-state index contributed by atoms with van der Waals surface area (Å²) < 4.78 is 0. The van der Waals surface area contributed by atoms with Crippen LogP contribution in [0.5, 0.6) is 0 Å². The van der Waals surface area contributed by atoms with E-state index >= 15 is 0 Å². The van der Waals surface area contributed by atoms with E-state index in [4.69, 9.17) is 0 Å². The Balaban J connectivity index is 1.55. The molecule has 1 saturated carbocycles. The number of hydrogen-bond donors (Lipinski definition) is 0. The third-order valence-electron chi connectivity index (χ3n) is 6.29. The van der Waals surface area contributed by atoms with Gasteiger partial charge in [0, 0.05) is 24.4 Å². The zero-order chi connectivity index (χ0) is 19.1. The standard InChI is InChI=1S/C25H36N2/c1-4-6-20-8-10-21(11-9-20)12-13-22-14-15-24(19(3)16-22)23-17-26-25(7-5-2)27-18-23/h14-18,20-21H,4-13H2,1-3H3. The van der Waals surface area contributed by atoms with E-state index in [0.29, 0.717) is 0 Å². The molecule has 3 rings (SSSR count). The van der Waals surface area contributed by atoms with E-state index in [0.717, 1.165) is 36.1 Å². The van der Waals surface area contributed by atoms with Crippen LogP contribution in [0.2, 0.25) is 0 Å². The summed E-state index contributed by atoms with van der Waals surface area (Å²) >= 11 is 0. The second-order valence-corrected chi connectivity index (χ2v) is 8.50. The molecular weight excluding hydrogens is 328 g/mol. The van der Waals surface area contributed by atoms with E-state index in [1.54, 1.807) is 0 Å². The van der Waals surface area contributed by atoms with Gasteiger partial charge >= 0.3 is 0 Å². The van der Waals surface area contributed by atoms with E-state index in [-0.39, 0.29) is 0 Å². The van der Waals surface area contributed by atoms with Crippen molar-refractivity contribution in [3.8, 4) is 11.1 Å². The molecule has 2 nitrogen and oxygen atoms in total. The first kappa shape index (κ1) is 20.0. The van der Waals surface area contributed by atoms with Crippen molar-refractivity contribution in [1.82, 2.24) is 9.97 Å². The van der Waals surface area contributed by atoms with E-state index in [9.17, 15) is 0 Å². The second-order valence-electron chi connectivity index (χ2n) is 8.50. The van der Waals surface area contributed by atoms with Crippen molar-refractivity contribution in [3.63, 3.8) is 0 Å². The van der Waals surface area contributed by atoms with Gasteiger partial charge in [-0.05, 0) is 54.7 Å². The minimum absolute atomic E-state index is 0.942. The minimum atomic E-state index is 0.942. The highest BCUT2D eigenvalue weighted by molar-refractivity contribution is 5.66. The number of aromatic nitrogens is 2. The SMILES string of the molecule is CCCc1ncc(-c2ccc(CCC3CCC(CCC)CC3)cc2C)cn1. The second kappa shape index (κ2) is 10.0. The molecule has 0 amide bonds. The number of hydrogen-bond acceptors (Lipinski definition) is 2. The lowest BCUT2D eigenvalue weighted by Gasteiger charge is -2.28. The maximum Gasteiger partial charge on any atom is 0.128 e. The van der Waals surface area contributed by atoms with Gasteiger partial charge in [0.15, 0.2) is 0 Å². The van der Waals surface area contributed by atoms with Gasteiger partial charge in [0.25, 0.3) is 0 Å². The van der Waals surface area contributed by atoms with Crippen LogP contribution in [0.1, 0.15) is 82.2 Å². The van der Waals surface area contributed by atoms with Gasteiger partial charge in [-0.3, -0.25) is 0 Å². The molecule has 2 aromatic rings. The monoisotopic (exact) mass is 364 g/mol. The highest BCUT2D eigenvalue weighted by Gasteiger charge is 2.20. The molecule has 1 aromatic heterocycles. The average molecular weight is 365 g/mol. The van der Waals surface area contributed by atoms with Crippen LogP contribution in [0.25, 0.3) is 11.1 Å². The van der Waals surface area contributed by atoms with Gasteiger partial charge in [-0.25, -0.2) is 9.97 Å². The fourth-order valence-corrected chi connectivity index (χ4v) is 4.64. The lowest BCUT2D eigenvalue weighted by molar-refractivity contribution is 0.252. The van der Waals surface area contributed by atoms with Crippen LogP contribution in [0.15, 0.2) is 30.6 Å². The third kappa shape index (κ3) is 5.64. The van der Waals surface area contributed by atoms with E-state index in [2.05, 4.69) is 48.9 Å². The van der Waals surface area contributed by atoms with Crippen LogP contribution in [-0.2, 0) is 12.8 Å². The molecule has 0 bridgehead atoms. The quantitative estimate of drug-likeness (QED) is 0.507. The Morgan fingerprint density at radius 3 is 2.11 bits per heavy atom. The highest BCUT2D eigenvalue weighted by Crippen LogP contribution is 2.34. The van der Waals surface area contributed by atoms with Crippen LogP contribution in [-0.4, -0.2) is 9.97 Å². The normalized spacial score (nSPS) is 20.0. The van der Waals surface area contributed by atoms with Crippen molar-refractivity contribution in [3.05, 3.63) is 47.5 Å². The molecule has 2 heteroatoms. The first-order chi connectivity index (χ1) is 13.2. The van der Waals surface area contributed by atoms with E-state index < -0.39 is 0 Å². The molecule has 1 heterocycles. The van der Waals surface area contributed by atoms with Crippen molar-refractivity contribution < 1.29 is 0 Å². The largest absolute Gasteiger partial charge is 0.241 e. The van der Waals surface area contributed by atoms with Gasteiger partial charge in [0.05, 0.1) is 0 Å². The Hall–Kier alpha value is -1.70. The molecule has 1 fully saturated rings. The zero-order valence-electron chi connectivity index (χ0n) is 17.5. The third-order valence-corrected chi connectivity index (χ3v) is 6.29. The Kier molecular flexibility index (Phi) is 7.43. The van der Waals surface area contributed by atoms with Crippen molar-refractivity contribution in [2.45, 2.75) is 85.0 Å². The molecule has 0 saturated heterocycles. The fraction of sp³-hybridized carbons (Fsp3) is 0.600. The predicted octanol–water partition coefficient (Wildman–Crippen LogP) is 6.94. The molecule has 1 aliphatic carbocycles. The Labute approximate surface area is 165 Å². The van der Waals surface area contributed by atoms with Crippen LogP contribution < -0.4 is 0 Å². The van der Waals surface area contributed by atoms with Gasteiger partial charge in [0.1, 0.15) is 5.82 Å².